The van der Waals surface area contributed by atoms with Crippen molar-refractivity contribution in [3.05, 3.63) is 59.7 Å². The van der Waals surface area contributed by atoms with Crippen molar-refractivity contribution in [3.63, 3.8) is 0 Å². The first-order valence-corrected chi connectivity index (χ1v) is 11.1. The van der Waals surface area contributed by atoms with Gasteiger partial charge in [0.2, 0.25) is 10.0 Å². The molecular formula is C21H23F3N2O4S. The van der Waals surface area contributed by atoms with Crippen molar-refractivity contribution >= 4 is 15.8 Å². The van der Waals surface area contributed by atoms with E-state index < -0.39 is 22.8 Å². The zero-order chi connectivity index (χ0) is 22.6. The highest BCUT2D eigenvalue weighted by Crippen LogP contribution is 2.22. The second-order valence-electron chi connectivity index (χ2n) is 7.32. The fourth-order valence-corrected chi connectivity index (χ4v) is 4.78. The van der Waals surface area contributed by atoms with Crippen LogP contribution in [0.15, 0.2) is 53.4 Å². The van der Waals surface area contributed by atoms with Gasteiger partial charge in [-0.3, -0.25) is 9.69 Å². The summed E-state index contributed by atoms with van der Waals surface area (Å²) in [6.07, 6.45) is -4.40. The van der Waals surface area contributed by atoms with E-state index in [0.717, 1.165) is 5.56 Å². The van der Waals surface area contributed by atoms with Crippen molar-refractivity contribution in [2.24, 2.45) is 0 Å². The first kappa shape index (κ1) is 23.2. The summed E-state index contributed by atoms with van der Waals surface area (Å²) in [5.41, 5.74) is 1.12. The van der Waals surface area contributed by atoms with Crippen molar-refractivity contribution < 1.29 is 31.1 Å². The van der Waals surface area contributed by atoms with E-state index in [1.807, 2.05) is 4.90 Å². The molecule has 1 saturated heterocycles. The zero-order valence-electron chi connectivity index (χ0n) is 16.9. The molecule has 0 radical (unpaired) electrons. The predicted molar refractivity (Wildman–Crippen MR) is 108 cm³/mol. The SMILES string of the molecule is CC(=O)c1cccc(S(=O)(=O)N2CCN(Cc3cccc(OCC(F)(F)F)c3)CC2)c1. The Labute approximate surface area is 179 Å². The summed E-state index contributed by atoms with van der Waals surface area (Å²) in [4.78, 5) is 13.7. The van der Waals surface area contributed by atoms with Gasteiger partial charge >= 0.3 is 6.18 Å². The molecule has 0 bridgehead atoms. The van der Waals surface area contributed by atoms with Gasteiger partial charge in [-0.2, -0.15) is 17.5 Å². The number of ether oxygens (including phenoxy) is 1. The van der Waals surface area contributed by atoms with E-state index in [1.165, 1.54) is 29.4 Å². The molecule has 10 heteroatoms. The van der Waals surface area contributed by atoms with Gasteiger partial charge in [-0.05, 0) is 36.8 Å². The smallest absolute Gasteiger partial charge is 0.422 e. The fourth-order valence-electron chi connectivity index (χ4n) is 3.31. The molecule has 1 heterocycles. The number of nitrogens with zero attached hydrogens (tertiary/aromatic N) is 2. The highest BCUT2D eigenvalue weighted by Gasteiger charge is 2.30. The number of sulfonamides is 1. The van der Waals surface area contributed by atoms with Gasteiger partial charge in [0, 0.05) is 38.3 Å². The molecule has 0 N–H and O–H groups in total. The van der Waals surface area contributed by atoms with Crippen LogP contribution in [-0.4, -0.2) is 62.4 Å². The molecule has 3 rings (SSSR count). The predicted octanol–water partition coefficient (Wildman–Crippen LogP) is 3.34. The minimum atomic E-state index is -4.40. The maximum atomic E-state index is 12.9. The van der Waals surface area contributed by atoms with Crippen LogP contribution in [0.1, 0.15) is 22.8 Å². The van der Waals surface area contributed by atoms with Gasteiger partial charge < -0.3 is 4.74 Å². The van der Waals surface area contributed by atoms with Crippen molar-refractivity contribution in [2.75, 3.05) is 32.8 Å². The van der Waals surface area contributed by atoms with E-state index in [9.17, 15) is 26.4 Å². The summed E-state index contributed by atoms with van der Waals surface area (Å²) in [6.45, 7) is 1.99. The van der Waals surface area contributed by atoms with Crippen molar-refractivity contribution in [1.82, 2.24) is 9.21 Å². The Kier molecular flexibility index (Phi) is 7.03. The standard InChI is InChI=1S/C21H23F3N2O4S/c1-16(27)18-5-3-7-20(13-18)31(28,29)26-10-8-25(9-11-26)14-17-4-2-6-19(12-17)30-15-21(22,23)24/h2-7,12-13H,8-11,14-15H2,1H3. The summed E-state index contributed by atoms with van der Waals surface area (Å²) >= 11 is 0. The number of halogens is 3. The molecule has 0 aromatic heterocycles. The Morgan fingerprint density at radius 3 is 2.35 bits per heavy atom. The number of hydrogen-bond donors (Lipinski definition) is 0. The summed E-state index contributed by atoms with van der Waals surface area (Å²) in [5, 5.41) is 0. The second kappa shape index (κ2) is 9.37. The van der Waals surface area contributed by atoms with Gasteiger partial charge in [-0.1, -0.05) is 24.3 Å². The molecule has 0 atom stereocenters. The lowest BCUT2D eigenvalue weighted by Crippen LogP contribution is -2.48. The number of hydrogen-bond acceptors (Lipinski definition) is 5. The van der Waals surface area contributed by atoms with E-state index in [-0.39, 0.29) is 29.5 Å². The molecule has 1 fully saturated rings. The van der Waals surface area contributed by atoms with E-state index in [0.29, 0.717) is 25.2 Å². The highest BCUT2D eigenvalue weighted by molar-refractivity contribution is 7.89. The minimum absolute atomic E-state index is 0.0863. The lowest BCUT2D eigenvalue weighted by molar-refractivity contribution is -0.153. The van der Waals surface area contributed by atoms with E-state index >= 15 is 0 Å². The van der Waals surface area contributed by atoms with Crippen molar-refractivity contribution in [3.8, 4) is 5.75 Å². The second-order valence-corrected chi connectivity index (χ2v) is 9.25. The zero-order valence-corrected chi connectivity index (χ0v) is 17.7. The molecule has 0 spiro atoms. The van der Waals surface area contributed by atoms with Crippen LogP contribution < -0.4 is 4.74 Å². The average molecular weight is 456 g/mol. The molecular weight excluding hydrogens is 433 g/mol. The number of Topliss-reactive ketones (excluding diaryl/α,β-unsaturated/α-hetero) is 1. The highest BCUT2D eigenvalue weighted by atomic mass is 32.2. The third-order valence-corrected chi connectivity index (χ3v) is 6.81. The number of benzene rings is 2. The number of rotatable bonds is 7. The van der Waals surface area contributed by atoms with E-state index in [1.54, 1.807) is 30.3 Å². The molecule has 6 nitrogen and oxygen atoms in total. The normalized spacial score (nSPS) is 16.3. The lowest BCUT2D eigenvalue weighted by Gasteiger charge is -2.34. The summed E-state index contributed by atoms with van der Waals surface area (Å²) < 4.78 is 69.0. The Bertz CT molecular complexity index is 1030. The average Bonchev–Trinajstić information content (AvgIpc) is 2.72. The van der Waals surface area contributed by atoms with Crippen LogP contribution in [0, 0.1) is 0 Å². The Balaban J connectivity index is 1.60. The molecule has 0 saturated carbocycles. The summed E-state index contributed by atoms with van der Waals surface area (Å²) in [7, 11) is -3.71. The van der Waals surface area contributed by atoms with Crippen LogP contribution in [0.25, 0.3) is 0 Å². The molecule has 1 aliphatic heterocycles. The molecule has 1 aliphatic rings. The van der Waals surface area contributed by atoms with Crippen LogP contribution in [0.2, 0.25) is 0 Å². The number of carbonyl (C=O) groups is 1. The Morgan fingerprint density at radius 1 is 1.03 bits per heavy atom. The van der Waals surface area contributed by atoms with E-state index in [2.05, 4.69) is 0 Å². The van der Waals surface area contributed by atoms with Crippen molar-refractivity contribution in [1.29, 1.82) is 0 Å². The molecule has 31 heavy (non-hydrogen) atoms. The van der Waals surface area contributed by atoms with Crippen LogP contribution in [0.5, 0.6) is 5.75 Å². The first-order chi connectivity index (χ1) is 14.5. The first-order valence-electron chi connectivity index (χ1n) is 9.66. The summed E-state index contributed by atoms with van der Waals surface area (Å²) in [6, 6.07) is 12.4. The quantitative estimate of drug-likeness (QED) is 0.598. The lowest BCUT2D eigenvalue weighted by atomic mass is 10.2. The van der Waals surface area contributed by atoms with Crippen LogP contribution in [-0.2, 0) is 16.6 Å². The molecule has 0 unspecified atom stereocenters. The maximum Gasteiger partial charge on any atom is 0.422 e. The van der Waals surface area contributed by atoms with Gasteiger partial charge in [0.25, 0.3) is 0 Å². The monoisotopic (exact) mass is 456 g/mol. The van der Waals surface area contributed by atoms with Crippen LogP contribution in [0.3, 0.4) is 0 Å². The van der Waals surface area contributed by atoms with Crippen LogP contribution >= 0.6 is 0 Å². The number of carbonyl (C=O) groups excluding carboxylic acids is 1. The van der Waals surface area contributed by atoms with Gasteiger partial charge in [0.15, 0.2) is 12.4 Å². The largest absolute Gasteiger partial charge is 0.484 e. The van der Waals surface area contributed by atoms with Gasteiger partial charge in [-0.15, -0.1) is 0 Å². The summed E-state index contributed by atoms with van der Waals surface area (Å²) in [5.74, 6) is -0.0651. The number of ketones is 1. The topological polar surface area (TPSA) is 66.9 Å². The third-order valence-electron chi connectivity index (χ3n) is 4.92. The maximum absolute atomic E-state index is 12.9. The Morgan fingerprint density at radius 2 is 1.71 bits per heavy atom. The number of piperazine rings is 1. The molecule has 168 valence electrons. The van der Waals surface area contributed by atoms with Gasteiger partial charge in [0.05, 0.1) is 4.90 Å². The number of alkyl halides is 3. The molecule has 0 amide bonds. The molecule has 0 aliphatic carbocycles. The minimum Gasteiger partial charge on any atom is -0.484 e. The molecule has 2 aromatic rings. The van der Waals surface area contributed by atoms with Crippen molar-refractivity contribution in [2.45, 2.75) is 24.5 Å². The van der Waals surface area contributed by atoms with E-state index in [4.69, 9.17) is 4.74 Å². The Hall–Kier alpha value is -2.43. The van der Waals surface area contributed by atoms with Gasteiger partial charge in [0.1, 0.15) is 5.75 Å². The van der Waals surface area contributed by atoms with Gasteiger partial charge in [-0.25, -0.2) is 8.42 Å². The third kappa shape index (κ3) is 6.28. The van der Waals surface area contributed by atoms with Crippen LogP contribution in [0.4, 0.5) is 13.2 Å². The molecule has 2 aromatic carbocycles. The fraction of sp³-hybridized carbons (Fsp3) is 0.381.